The van der Waals surface area contributed by atoms with Crippen LogP contribution in [0.1, 0.15) is 18.4 Å². The molecule has 0 bridgehead atoms. The van der Waals surface area contributed by atoms with Gasteiger partial charge in [-0.15, -0.1) is 11.3 Å². The maximum Gasteiger partial charge on any atom is 0.230 e. The molecule has 88 valence electrons. The van der Waals surface area contributed by atoms with E-state index in [2.05, 4.69) is 27.4 Å². The SMILES string of the molecule is CN(Cc1csc(Br)c1)C(=O)C1(CN)CC1. The van der Waals surface area contributed by atoms with Gasteiger partial charge in [-0.25, -0.2) is 0 Å². The Balaban J connectivity index is 1.98. The summed E-state index contributed by atoms with van der Waals surface area (Å²) < 4.78 is 1.10. The molecule has 1 aromatic rings. The molecule has 0 radical (unpaired) electrons. The first-order valence-electron chi connectivity index (χ1n) is 5.26. The second-order valence-corrected chi connectivity index (χ2v) is 6.70. The van der Waals surface area contributed by atoms with Crippen LogP contribution in [-0.2, 0) is 11.3 Å². The predicted molar refractivity (Wildman–Crippen MR) is 69.2 cm³/mol. The third-order valence-electron chi connectivity index (χ3n) is 3.09. The Morgan fingerprint density at radius 3 is 2.81 bits per heavy atom. The molecule has 0 spiro atoms. The second-order valence-electron chi connectivity index (χ2n) is 4.40. The molecule has 16 heavy (non-hydrogen) atoms. The van der Waals surface area contributed by atoms with Crippen LogP contribution in [-0.4, -0.2) is 24.4 Å². The monoisotopic (exact) mass is 302 g/mol. The number of thiophene rings is 1. The van der Waals surface area contributed by atoms with E-state index in [4.69, 9.17) is 5.73 Å². The van der Waals surface area contributed by atoms with Gasteiger partial charge in [-0.05, 0) is 45.8 Å². The van der Waals surface area contributed by atoms with Crippen molar-refractivity contribution < 1.29 is 4.79 Å². The van der Waals surface area contributed by atoms with E-state index in [9.17, 15) is 4.79 Å². The normalized spacial score (nSPS) is 17.2. The molecular weight excluding hydrogens is 288 g/mol. The van der Waals surface area contributed by atoms with Crippen molar-refractivity contribution in [1.82, 2.24) is 4.90 Å². The first-order chi connectivity index (χ1) is 7.57. The smallest absolute Gasteiger partial charge is 0.230 e. The van der Waals surface area contributed by atoms with Crippen LogP contribution in [0.15, 0.2) is 15.2 Å². The molecule has 0 aromatic carbocycles. The van der Waals surface area contributed by atoms with Crippen LogP contribution in [0, 0.1) is 5.41 Å². The van der Waals surface area contributed by atoms with Crippen LogP contribution in [0.3, 0.4) is 0 Å². The van der Waals surface area contributed by atoms with Crippen LogP contribution < -0.4 is 5.73 Å². The first-order valence-corrected chi connectivity index (χ1v) is 6.93. The molecular formula is C11H15BrN2OS. The van der Waals surface area contributed by atoms with Crippen LogP contribution >= 0.6 is 27.3 Å². The van der Waals surface area contributed by atoms with E-state index >= 15 is 0 Å². The fourth-order valence-electron chi connectivity index (χ4n) is 1.84. The zero-order valence-electron chi connectivity index (χ0n) is 9.20. The fourth-order valence-corrected chi connectivity index (χ4v) is 3.04. The van der Waals surface area contributed by atoms with E-state index in [1.54, 1.807) is 16.2 Å². The van der Waals surface area contributed by atoms with Crippen molar-refractivity contribution in [3.63, 3.8) is 0 Å². The van der Waals surface area contributed by atoms with Gasteiger partial charge >= 0.3 is 0 Å². The molecule has 1 aliphatic carbocycles. The summed E-state index contributed by atoms with van der Waals surface area (Å²) >= 11 is 5.06. The minimum atomic E-state index is -0.234. The number of hydrogen-bond acceptors (Lipinski definition) is 3. The van der Waals surface area contributed by atoms with Crippen LogP contribution in [0.5, 0.6) is 0 Å². The number of carbonyl (C=O) groups excluding carboxylic acids is 1. The number of amides is 1. The Bertz CT molecular complexity index is 400. The largest absolute Gasteiger partial charge is 0.341 e. The highest BCUT2D eigenvalue weighted by atomic mass is 79.9. The number of nitrogens with two attached hydrogens (primary N) is 1. The number of hydrogen-bond donors (Lipinski definition) is 1. The van der Waals surface area contributed by atoms with Crippen molar-refractivity contribution in [2.24, 2.45) is 11.1 Å². The Morgan fingerprint density at radius 1 is 1.69 bits per heavy atom. The fraction of sp³-hybridized carbons (Fsp3) is 0.545. The van der Waals surface area contributed by atoms with E-state index in [1.165, 1.54) is 5.56 Å². The quantitative estimate of drug-likeness (QED) is 0.927. The maximum absolute atomic E-state index is 12.1. The molecule has 0 aliphatic heterocycles. The van der Waals surface area contributed by atoms with Crippen molar-refractivity contribution >= 4 is 33.2 Å². The molecule has 1 fully saturated rings. The summed E-state index contributed by atoms with van der Waals surface area (Å²) in [7, 11) is 1.85. The third kappa shape index (κ3) is 2.31. The molecule has 0 atom stereocenters. The van der Waals surface area contributed by atoms with Gasteiger partial charge in [-0.1, -0.05) is 0 Å². The van der Waals surface area contributed by atoms with Crippen LogP contribution in [0.25, 0.3) is 0 Å². The number of rotatable bonds is 4. The van der Waals surface area contributed by atoms with Crippen LogP contribution in [0.2, 0.25) is 0 Å². The van der Waals surface area contributed by atoms with Gasteiger partial charge < -0.3 is 10.6 Å². The Labute approximate surface area is 108 Å². The van der Waals surface area contributed by atoms with Crippen molar-refractivity contribution in [2.45, 2.75) is 19.4 Å². The van der Waals surface area contributed by atoms with Gasteiger partial charge in [0.25, 0.3) is 0 Å². The van der Waals surface area contributed by atoms with Gasteiger partial charge in [-0.2, -0.15) is 0 Å². The summed E-state index contributed by atoms with van der Waals surface area (Å²) in [5.41, 5.74) is 6.59. The molecule has 5 heteroatoms. The Hall–Kier alpha value is -0.390. The summed E-state index contributed by atoms with van der Waals surface area (Å²) in [6.45, 7) is 1.15. The minimum Gasteiger partial charge on any atom is -0.341 e. The third-order valence-corrected chi connectivity index (χ3v) is 4.64. The van der Waals surface area contributed by atoms with E-state index in [0.717, 1.165) is 16.6 Å². The van der Waals surface area contributed by atoms with Gasteiger partial charge in [0.1, 0.15) is 0 Å². The zero-order valence-corrected chi connectivity index (χ0v) is 11.6. The number of carbonyl (C=O) groups is 1. The predicted octanol–water partition coefficient (Wildman–Crippen LogP) is 2.21. The molecule has 2 N–H and O–H groups in total. The molecule has 0 unspecified atom stereocenters. The summed E-state index contributed by atoms with van der Waals surface area (Å²) in [6.07, 6.45) is 1.89. The lowest BCUT2D eigenvalue weighted by Crippen LogP contribution is -2.37. The highest BCUT2D eigenvalue weighted by molar-refractivity contribution is 9.11. The highest BCUT2D eigenvalue weighted by Crippen LogP contribution is 2.46. The second kappa shape index (κ2) is 4.47. The lowest BCUT2D eigenvalue weighted by Gasteiger charge is -2.22. The van der Waals surface area contributed by atoms with Gasteiger partial charge in [-0.3, -0.25) is 4.79 Å². The summed E-state index contributed by atoms with van der Waals surface area (Å²) in [5, 5.41) is 2.07. The molecule has 1 saturated carbocycles. The Kier molecular flexibility index (Phi) is 3.37. The van der Waals surface area contributed by atoms with E-state index in [-0.39, 0.29) is 11.3 Å². The van der Waals surface area contributed by atoms with Crippen molar-refractivity contribution in [1.29, 1.82) is 0 Å². The highest BCUT2D eigenvalue weighted by Gasteiger charge is 2.49. The molecule has 0 saturated heterocycles. The van der Waals surface area contributed by atoms with E-state index in [1.807, 2.05) is 7.05 Å². The molecule has 3 nitrogen and oxygen atoms in total. The van der Waals surface area contributed by atoms with Crippen molar-refractivity contribution in [2.75, 3.05) is 13.6 Å². The first kappa shape index (κ1) is 12.1. The maximum atomic E-state index is 12.1. The molecule has 1 aliphatic rings. The Morgan fingerprint density at radius 2 is 2.38 bits per heavy atom. The van der Waals surface area contributed by atoms with E-state index in [0.29, 0.717) is 13.1 Å². The number of nitrogens with zero attached hydrogens (tertiary/aromatic N) is 1. The standard InChI is InChI=1S/C11H15BrN2OS/c1-14(5-8-4-9(12)16-6-8)10(15)11(7-13)2-3-11/h4,6H,2-3,5,7,13H2,1H3. The average molecular weight is 303 g/mol. The number of halogens is 1. The topological polar surface area (TPSA) is 46.3 Å². The van der Waals surface area contributed by atoms with Crippen LogP contribution in [0.4, 0.5) is 0 Å². The van der Waals surface area contributed by atoms with Gasteiger partial charge in [0.2, 0.25) is 5.91 Å². The lowest BCUT2D eigenvalue weighted by atomic mass is 10.1. The summed E-state index contributed by atoms with van der Waals surface area (Å²) in [4.78, 5) is 13.9. The molecule has 1 amide bonds. The molecule has 1 heterocycles. The summed E-state index contributed by atoms with van der Waals surface area (Å²) in [5.74, 6) is 0.192. The molecule has 2 rings (SSSR count). The summed E-state index contributed by atoms with van der Waals surface area (Å²) in [6, 6.07) is 2.05. The van der Waals surface area contributed by atoms with Crippen molar-refractivity contribution in [3.05, 3.63) is 20.8 Å². The lowest BCUT2D eigenvalue weighted by molar-refractivity contribution is -0.135. The van der Waals surface area contributed by atoms with Crippen molar-refractivity contribution in [3.8, 4) is 0 Å². The minimum absolute atomic E-state index is 0.192. The molecule has 1 aromatic heterocycles. The average Bonchev–Trinajstić information content (AvgIpc) is 2.97. The van der Waals surface area contributed by atoms with Gasteiger partial charge in [0.05, 0.1) is 9.20 Å². The zero-order chi connectivity index (χ0) is 11.8. The van der Waals surface area contributed by atoms with Gasteiger partial charge in [0.15, 0.2) is 0 Å². The van der Waals surface area contributed by atoms with Gasteiger partial charge in [0, 0.05) is 20.1 Å². The van der Waals surface area contributed by atoms with E-state index < -0.39 is 0 Å².